The molecular weight excluding hydrogens is 278 g/mol. The lowest BCUT2D eigenvalue weighted by atomic mass is 9.94. The van der Waals surface area contributed by atoms with E-state index >= 15 is 0 Å². The van der Waals surface area contributed by atoms with Crippen LogP contribution < -0.4 is 16.2 Å². The molecule has 1 fully saturated rings. The van der Waals surface area contributed by atoms with Gasteiger partial charge in [-0.3, -0.25) is 0 Å². The van der Waals surface area contributed by atoms with E-state index < -0.39 is 10.0 Å². The molecule has 1 aromatic rings. The van der Waals surface area contributed by atoms with Crippen molar-refractivity contribution in [3.8, 4) is 0 Å². The first-order valence-corrected chi connectivity index (χ1v) is 8.05. The van der Waals surface area contributed by atoms with Crippen LogP contribution in [0.1, 0.15) is 26.7 Å². The van der Waals surface area contributed by atoms with Crippen molar-refractivity contribution in [2.24, 2.45) is 5.14 Å². The van der Waals surface area contributed by atoms with Gasteiger partial charge in [0, 0.05) is 18.3 Å². The van der Waals surface area contributed by atoms with Crippen LogP contribution in [0.3, 0.4) is 0 Å². The minimum Gasteiger partial charge on any atom is -0.398 e. The zero-order chi connectivity index (χ0) is 15.0. The number of hydrogen-bond donors (Lipinski definition) is 3. The number of nitrogens with two attached hydrogens (primary N) is 2. The Kier molecular flexibility index (Phi) is 3.95. The largest absolute Gasteiger partial charge is 0.398 e. The Bertz CT molecular complexity index is 599. The minimum atomic E-state index is -3.77. The Morgan fingerprint density at radius 3 is 2.65 bits per heavy atom. The quantitative estimate of drug-likeness (QED) is 0.729. The van der Waals surface area contributed by atoms with Gasteiger partial charge >= 0.3 is 0 Å². The minimum absolute atomic E-state index is 0.0460. The van der Waals surface area contributed by atoms with Crippen molar-refractivity contribution in [2.75, 3.05) is 17.7 Å². The Labute approximate surface area is 119 Å². The number of nitrogen functional groups attached to an aromatic ring is 1. The van der Waals surface area contributed by atoms with Crippen LogP contribution in [-0.2, 0) is 14.8 Å². The van der Waals surface area contributed by atoms with Crippen LogP contribution in [0.15, 0.2) is 23.1 Å². The van der Waals surface area contributed by atoms with E-state index in [-0.39, 0.29) is 22.2 Å². The van der Waals surface area contributed by atoms with Crippen molar-refractivity contribution in [2.45, 2.75) is 43.2 Å². The van der Waals surface area contributed by atoms with E-state index in [0.717, 1.165) is 18.5 Å². The lowest BCUT2D eigenvalue weighted by Crippen LogP contribution is -2.40. The molecule has 1 aliphatic heterocycles. The molecule has 0 aliphatic carbocycles. The van der Waals surface area contributed by atoms with Gasteiger partial charge in [0.05, 0.1) is 11.3 Å². The molecule has 2 rings (SSSR count). The van der Waals surface area contributed by atoms with Crippen LogP contribution in [0.25, 0.3) is 0 Å². The highest BCUT2D eigenvalue weighted by Gasteiger charge is 2.28. The summed E-state index contributed by atoms with van der Waals surface area (Å²) in [5.74, 6) is 0. The van der Waals surface area contributed by atoms with Crippen LogP contribution in [0.4, 0.5) is 11.4 Å². The highest BCUT2D eigenvalue weighted by Crippen LogP contribution is 2.28. The van der Waals surface area contributed by atoms with Crippen LogP contribution in [-0.4, -0.2) is 26.7 Å². The summed E-state index contributed by atoms with van der Waals surface area (Å²) in [4.78, 5) is -0.0460. The Morgan fingerprint density at radius 1 is 1.40 bits per heavy atom. The van der Waals surface area contributed by atoms with Gasteiger partial charge < -0.3 is 15.8 Å². The van der Waals surface area contributed by atoms with Crippen molar-refractivity contribution in [3.63, 3.8) is 0 Å². The number of rotatable bonds is 3. The van der Waals surface area contributed by atoms with Crippen molar-refractivity contribution < 1.29 is 13.2 Å². The normalized spacial score (nSPS) is 22.4. The molecule has 5 N–H and O–H groups in total. The molecule has 6 nitrogen and oxygen atoms in total. The Hall–Kier alpha value is -1.31. The standard InChI is InChI=1S/C13H21N3O3S/c1-13(2)8-10(5-6-19-13)16-9-3-4-12(11(14)7-9)20(15,17)18/h3-4,7,10,16H,5-6,8,14H2,1-2H3,(H2,15,17,18). The third kappa shape index (κ3) is 3.62. The van der Waals surface area contributed by atoms with E-state index in [1.165, 1.54) is 6.07 Å². The van der Waals surface area contributed by atoms with Gasteiger partial charge in [0.15, 0.2) is 0 Å². The highest BCUT2D eigenvalue weighted by molar-refractivity contribution is 7.89. The van der Waals surface area contributed by atoms with Crippen molar-refractivity contribution in [1.29, 1.82) is 0 Å². The second-order valence-electron chi connectivity index (χ2n) is 5.74. The van der Waals surface area contributed by atoms with Crippen LogP contribution in [0.5, 0.6) is 0 Å². The summed E-state index contributed by atoms with van der Waals surface area (Å²) in [5, 5.41) is 8.44. The van der Waals surface area contributed by atoms with Crippen molar-refractivity contribution in [1.82, 2.24) is 0 Å². The summed E-state index contributed by atoms with van der Waals surface area (Å²) in [6, 6.07) is 4.98. The van der Waals surface area contributed by atoms with E-state index in [0.29, 0.717) is 6.61 Å². The molecule has 7 heteroatoms. The maximum atomic E-state index is 11.3. The van der Waals surface area contributed by atoms with Gasteiger partial charge in [-0.25, -0.2) is 13.6 Å². The molecule has 1 aromatic carbocycles. The zero-order valence-electron chi connectivity index (χ0n) is 11.7. The van der Waals surface area contributed by atoms with E-state index in [9.17, 15) is 8.42 Å². The molecule has 1 atom stereocenters. The fourth-order valence-corrected chi connectivity index (χ4v) is 3.13. The molecule has 1 heterocycles. The molecule has 1 saturated heterocycles. The first-order valence-electron chi connectivity index (χ1n) is 6.50. The summed E-state index contributed by atoms with van der Waals surface area (Å²) in [5.41, 5.74) is 6.54. The molecule has 20 heavy (non-hydrogen) atoms. The highest BCUT2D eigenvalue weighted by atomic mass is 32.2. The Balaban J connectivity index is 2.13. The number of hydrogen-bond acceptors (Lipinski definition) is 5. The average molecular weight is 299 g/mol. The molecule has 112 valence electrons. The van der Waals surface area contributed by atoms with Gasteiger partial charge in [-0.2, -0.15) is 0 Å². The predicted octanol–water partition coefficient (Wildman–Crippen LogP) is 1.29. The third-order valence-corrected chi connectivity index (χ3v) is 4.37. The number of primary sulfonamides is 1. The van der Waals surface area contributed by atoms with Gasteiger partial charge in [0.2, 0.25) is 10.0 Å². The molecular formula is C13H21N3O3S. The number of sulfonamides is 1. The second kappa shape index (κ2) is 5.23. The van der Waals surface area contributed by atoms with Crippen LogP contribution in [0, 0.1) is 0 Å². The average Bonchev–Trinajstić information content (AvgIpc) is 2.25. The second-order valence-corrected chi connectivity index (χ2v) is 7.27. The van der Waals surface area contributed by atoms with Gasteiger partial charge in [-0.15, -0.1) is 0 Å². The smallest absolute Gasteiger partial charge is 0.240 e. The molecule has 0 amide bonds. The lowest BCUT2D eigenvalue weighted by molar-refractivity contribution is -0.0553. The first kappa shape index (κ1) is 15.1. The van der Waals surface area contributed by atoms with E-state index in [4.69, 9.17) is 15.6 Å². The fourth-order valence-electron chi connectivity index (χ4n) is 2.49. The fraction of sp³-hybridized carbons (Fsp3) is 0.538. The Morgan fingerprint density at radius 2 is 2.10 bits per heavy atom. The number of ether oxygens (including phenoxy) is 1. The molecule has 1 aliphatic rings. The number of nitrogens with one attached hydrogen (secondary N) is 1. The van der Waals surface area contributed by atoms with Crippen LogP contribution >= 0.6 is 0 Å². The van der Waals surface area contributed by atoms with Crippen LogP contribution in [0.2, 0.25) is 0 Å². The third-order valence-electron chi connectivity index (χ3n) is 3.38. The molecule has 0 radical (unpaired) electrons. The van der Waals surface area contributed by atoms with Gasteiger partial charge in [0.1, 0.15) is 4.90 Å². The lowest BCUT2D eigenvalue weighted by Gasteiger charge is -2.36. The summed E-state index contributed by atoms with van der Waals surface area (Å²) in [6.45, 7) is 4.81. The predicted molar refractivity (Wildman–Crippen MR) is 78.9 cm³/mol. The number of benzene rings is 1. The molecule has 0 saturated carbocycles. The van der Waals surface area contributed by atoms with E-state index in [2.05, 4.69) is 19.2 Å². The summed E-state index contributed by atoms with van der Waals surface area (Å²) < 4.78 is 28.3. The summed E-state index contributed by atoms with van der Waals surface area (Å²) in [6.07, 6.45) is 1.78. The topological polar surface area (TPSA) is 107 Å². The molecule has 0 spiro atoms. The summed E-state index contributed by atoms with van der Waals surface area (Å²) in [7, 11) is -3.77. The van der Waals surface area contributed by atoms with Crippen molar-refractivity contribution in [3.05, 3.63) is 18.2 Å². The van der Waals surface area contributed by atoms with Crippen molar-refractivity contribution >= 4 is 21.4 Å². The SMILES string of the molecule is CC1(C)CC(Nc2ccc(S(N)(=O)=O)c(N)c2)CCO1. The van der Waals surface area contributed by atoms with E-state index in [1.807, 2.05) is 0 Å². The maximum absolute atomic E-state index is 11.3. The van der Waals surface area contributed by atoms with Gasteiger partial charge in [0.25, 0.3) is 0 Å². The van der Waals surface area contributed by atoms with Gasteiger partial charge in [-0.1, -0.05) is 0 Å². The van der Waals surface area contributed by atoms with E-state index in [1.54, 1.807) is 12.1 Å². The molecule has 0 bridgehead atoms. The summed E-state index contributed by atoms with van der Waals surface area (Å²) >= 11 is 0. The molecule has 1 unspecified atom stereocenters. The van der Waals surface area contributed by atoms with Gasteiger partial charge in [-0.05, 0) is 44.9 Å². The maximum Gasteiger partial charge on any atom is 0.240 e. The number of anilines is 2. The first-order chi connectivity index (χ1) is 9.17. The zero-order valence-corrected chi connectivity index (χ0v) is 12.5. The monoisotopic (exact) mass is 299 g/mol. The molecule has 0 aromatic heterocycles.